The molecule has 1 aromatic carbocycles. The molecule has 1 atom stereocenters. The Balaban J connectivity index is 2.66. The van der Waals surface area contributed by atoms with Crippen LogP contribution in [0.3, 0.4) is 0 Å². The first-order valence-electron chi connectivity index (χ1n) is 3.81. The molecule has 0 saturated heterocycles. The van der Waals surface area contributed by atoms with E-state index in [0.29, 0.717) is 0 Å². The summed E-state index contributed by atoms with van der Waals surface area (Å²) in [5, 5.41) is 0. The molecule has 0 radical (unpaired) electrons. The van der Waals surface area contributed by atoms with E-state index >= 15 is 0 Å². The highest BCUT2D eigenvalue weighted by Crippen LogP contribution is 2.29. The Morgan fingerprint density at radius 1 is 1.31 bits per heavy atom. The van der Waals surface area contributed by atoms with Crippen LogP contribution in [-0.2, 0) is 11.0 Å². The van der Waals surface area contributed by atoms with Gasteiger partial charge in [0.2, 0.25) is 0 Å². The molecule has 1 unspecified atom stereocenters. The van der Waals surface area contributed by atoms with Gasteiger partial charge in [-0.3, -0.25) is 0 Å². The van der Waals surface area contributed by atoms with Gasteiger partial charge in [-0.2, -0.15) is 0 Å². The van der Waals surface area contributed by atoms with Crippen LogP contribution in [0.15, 0.2) is 30.3 Å². The van der Waals surface area contributed by atoms with Crippen molar-refractivity contribution in [2.75, 3.05) is 0 Å². The van der Waals surface area contributed by atoms with E-state index in [1.165, 1.54) is 0 Å². The number of rotatable bonds is 3. The smallest absolute Gasteiger partial charge is 0.0361 e. The highest BCUT2D eigenvalue weighted by Gasteiger charge is 2.06. The molecule has 0 heterocycles. The van der Waals surface area contributed by atoms with Crippen LogP contribution in [0.25, 0.3) is 0 Å². The van der Waals surface area contributed by atoms with Gasteiger partial charge in [0.1, 0.15) is 0 Å². The van der Waals surface area contributed by atoms with Gasteiger partial charge in [-0.05, 0) is 12.0 Å². The Labute approximate surface area is 76.6 Å². The molecule has 1 rings (SSSR count). The third-order valence-electron chi connectivity index (χ3n) is 1.69. The molecule has 72 valence electrons. The maximum absolute atomic E-state index is 10.5. The van der Waals surface area contributed by atoms with Crippen LogP contribution in [0.5, 0.6) is 0 Å². The molecule has 0 aliphatic carbocycles. The lowest BCUT2D eigenvalue weighted by atomic mass is 10.2. The minimum atomic E-state index is -4.64. The van der Waals surface area contributed by atoms with Gasteiger partial charge in [0.15, 0.2) is 0 Å². The van der Waals surface area contributed by atoms with Gasteiger partial charge >= 0.3 is 0 Å². The molecular weight excluding hydrogens is 189 g/mol. The van der Waals surface area contributed by atoms with Gasteiger partial charge in [0, 0.05) is 5.78 Å². The zero-order valence-electron chi connectivity index (χ0n) is 6.92. The first kappa shape index (κ1) is 10.4. The fourth-order valence-corrected chi connectivity index (χ4v) is 1.40. The molecule has 1 aromatic rings. The normalized spacial score (nSPS) is 14.1. The Kier molecular flexibility index (Phi) is 3.22. The van der Waals surface area contributed by atoms with Crippen molar-refractivity contribution in [2.45, 2.75) is 12.2 Å². The van der Waals surface area contributed by atoms with E-state index in [9.17, 15) is 14.4 Å². The summed E-state index contributed by atoms with van der Waals surface area (Å²) in [7, 11) is -4.64. The molecule has 0 aliphatic rings. The van der Waals surface area contributed by atoms with Crippen molar-refractivity contribution >= 4 is 7.60 Å². The summed E-state index contributed by atoms with van der Waals surface area (Å²) < 4.78 is 10.5. The number of benzene rings is 1. The van der Waals surface area contributed by atoms with E-state index < -0.39 is 13.4 Å². The fraction of sp³-hybridized carbons (Fsp3) is 0.250. The highest BCUT2D eigenvalue weighted by molar-refractivity contribution is 7.49. The predicted octanol–water partition coefficient (Wildman–Crippen LogP) is -0.572. The second-order valence-electron chi connectivity index (χ2n) is 2.80. The molecule has 0 spiro atoms. The molecule has 0 amide bonds. The van der Waals surface area contributed by atoms with E-state index in [0.717, 1.165) is 5.56 Å². The Morgan fingerprint density at radius 3 is 2.31 bits per heavy atom. The topological polar surface area (TPSA) is 89.2 Å². The van der Waals surface area contributed by atoms with Crippen LogP contribution in [0.2, 0.25) is 0 Å². The lowest BCUT2D eigenvalue weighted by Gasteiger charge is -2.35. The van der Waals surface area contributed by atoms with Gasteiger partial charge < -0.3 is 20.1 Å². The SMILES string of the molecule is NC(Cc1ccccc1)P(=O)([O-])[O-]. The molecular formula is C8H10NO3P-2. The molecule has 0 bridgehead atoms. The van der Waals surface area contributed by atoms with Crippen LogP contribution in [0.4, 0.5) is 0 Å². The molecule has 0 saturated carbocycles. The van der Waals surface area contributed by atoms with Crippen LogP contribution in [0, 0.1) is 0 Å². The summed E-state index contributed by atoms with van der Waals surface area (Å²) in [6.45, 7) is 0. The Hall–Kier alpha value is -0.670. The third kappa shape index (κ3) is 3.28. The average molecular weight is 199 g/mol. The van der Waals surface area contributed by atoms with Crippen molar-refractivity contribution in [3.63, 3.8) is 0 Å². The van der Waals surface area contributed by atoms with Crippen molar-refractivity contribution in [3.8, 4) is 0 Å². The molecule has 0 aliphatic heterocycles. The predicted molar refractivity (Wildman–Crippen MR) is 45.7 cm³/mol. The molecule has 0 aromatic heterocycles. The van der Waals surface area contributed by atoms with E-state index in [2.05, 4.69) is 0 Å². The summed E-state index contributed by atoms with van der Waals surface area (Å²) in [4.78, 5) is 21.0. The summed E-state index contributed by atoms with van der Waals surface area (Å²) in [6.07, 6.45) is 0.0745. The fourth-order valence-electron chi connectivity index (χ4n) is 0.967. The van der Waals surface area contributed by atoms with E-state index in [-0.39, 0.29) is 6.42 Å². The minimum absolute atomic E-state index is 0.0745. The zero-order valence-corrected chi connectivity index (χ0v) is 7.81. The lowest BCUT2D eigenvalue weighted by molar-refractivity contribution is -0.316. The van der Waals surface area contributed by atoms with E-state index in [4.69, 9.17) is 5.73 Å². The minimum Gasteiger partial charge on any atom is -0.810 e. The Bertz CT molecular complexity index is 308. The van der Waals surface area contributed by atoms with Gasteiger partial charge in [0.25, 0.3) is 0 Å². The van der Waals surface area contributed by atoms with Crippen molar-refractivity contribution in [1.82, 2.24) is 0 Å². The van der Waals surface area contributed by atoms with E-state index in [1.807, 2.05) is 6.07 Å². The maximum atomic E-state index is 10.5. The highest BCUT2D eigenvalue weighted by atomic mass is 31.2. The van der Waals surface area contributed by atoms with Gasteiger partial charge in [-0.15, -0.1) is 0 Å². The van der Waals surface area contributed by atoms with Gasteiger partial charge in [-0.1, -0.05) is 37.9 Å². The monoisotopic (exact) mass is 199 g/mol. The summed E-state index contributed by atoms with van der Waals surface area (Å²) in [6, 6.07) is 8.80. The van der Waals surface area contributed by atoms with Crippen LogP contribution in [0.1, 0.15) is 5.56 Å². The number of hydrogen-bond donors (Lipinski definition) is 1. The number of nitrogens with two attached hydrogens (primary N) is 1. The third-order valence-corrected chi connectivity index (χ3v) is 2.69. The van der Waals surface area contributed by atoms with Crippen LogP contribution < -0.4 is 15.5 Å². The molecule has 2 N–H and O–H groups in total. The average Bonchev–Trinajstić information content (AvgIpc) is 2.04. The molecule has 0 fully saturated rings. The summed E-state index contributed by atoms with van der Waals surface area (Å²) in [5.41, 5.74) is 5.95. The van der Waals surface area contributed by atoms with Crippen molar-refractivity contribution in [2.24, 2.45) is 5.73 Å². The van der Waals surface area contributed by atoms with Crippen molar-refractivity contribution < 1.29 is 14.4 Å². The summed E-state index contributed by atoms with van der Waals surface area (Å²) >= 11 is 0. The lowest BCUT2D eigenvalue weighted by Crippen LogP contribution is -2.34. The molecule has 4 nitrogen and oxygen atoms in total. The quantitative estimate of drug-likeness (QED) is 0.660. The first-order chi connectivity index (χ1) is 6.00. The zero-order chi connectivity index (χ0) is 9.90. The van der Waals surface area contributed by atoms with Gasteiger partial charge in [-0.25, -0.2) is 0 Å². The standard InChI is InChI=1S/C8H12NO3P/c9-8(13(10,11)12)6-7-4-2-1-3-5-7/h1-5,8H,6,9H2,(H2,10,11,12)/p-2. The maximum Gasteiger partial charge on any atom is 0.0361 e. The largest absolute Gasteiger partial charge is 0.810 e. The van der Waals surface area contributed by atoms with E-state index in [1.54, 1.807) is 24.3 Å². The summed E-state index contributed by atoms with van der Waals surface area (Å²) in [5.74, 6) is -1.32. The number of hydrogen-bond acceptors (Lipinski definition) is 4. The first-order valence-corrected chi connectivity index (χ1v) is 5.42. The van der Waals surface area contributed by atoms with Crippen molar-refractivity contribution in [3.05, 3.63) is 35.9 Å². The van der Waals surface area contributed by atoms with Crippen LogP contribution in [-0.4, -0.2) is 5.78 Å². The van der Waals surface area contributed by atoms with Crippen LogP contribution >= 0.6 is 7.60 Å². The van der Waals surface area contributed by atoms with Crippen molar-refractivity contribution in [1.29, 1.82) is 0 Å². The molecule has 5 heteroatoms. The Morgan fingerprint density at radius 2 is 1.85 bits per heavy atom. The second kappa shape index (κ2) is 4.03. The second-order valence-corrected chi connectivity index (χ2v) is 4.54. The van der Waals surface area contributed by atoms with Gasteiger partial charge in [0.05, 0.1) is 0 Å². The molecule has 13 heavy (non-hydrogen) atoms.